The molecule has 0 aliphatic carbocycles. The van der Waals surface area contributed by atoms with Crippen molar-refractivity contribution in [2.24, 2.45) is 5.73 Å². The molecule has 1 atom stereocenters. The first-order valence-corrected chi connectivity index (χ1v) is 10.3. The van der Waals surface area contributed by atoms with Crippen LogP contribution in [0, 0.1) is 0 Å². The zero-order valence-corrected chi connectivity index (χ0v) is 17.9. The highest BCUT2D eigenvalue weighted by atomic mass is 35.5. The molecule has 0 fully saturated rings. The Morgan fingerprint density at radius 3 is 2.80 bits per heavy atom. The molecule has 4 rings (SSSR count). The van der Waals surface area contributed by atoms with E-state index in [-0.39, 0.29) is 30.4 Å². The number of nitrogens with two attached hydrogens (primary N) is 1. The Kier molecular flexibility index (Phi) is 5.90. The average Bonchev–Trinajstić information content (AvgIpc) is 3.32. The minimum atomic E-state index is -0.811. The Bertz CT molecular complexity index is 1250. The van der Waals surface area contributed by atoms with Crippen molar-refractivity contribution in [3.05, 3.63) is 51.1 Å². The van der Waals surface area contributed by atoms with Gasteiger partial charge in [-0.2, -0.15) is 0 Å². The van der Waals surface area contributed by atoms with Gasteiger partial charge in [0.15, 0.2) is 0 Å². The van der Waals surface area contributed by atoms with Gasteiger partial charge in [-0.15, -0.1) is 0 Å². The number of aliphatic hydroxyl groups excluding tert-OH is 1. The van der Waals surface area contributed by atoms with Gasteiger partial charge < -0.3 is 26.1 Å². The third kappa shape index (κ3) is 3.99. The number of benzene rings is 2. The fourth-order valence-corrected chi connectivity index (χ4v) is 3.88. The number of hydrogen-bond donors (Lipinski definition) is 5. The molecule has 0 aliphatic heterocycles. The number of H-pyrrole nitrogens is 2. The highest BCUT2D eigenvalue weighted by molar-refractivity contribution is 6.43. The van der Waals surface area contributed by atoms with E-state index in [0.29, 0.717) is 32.5 Å². The molecule has 4 aromatic rings. The van der Waals surface area contributed by atoms with E-state index < -0.39 is 6.10 Å². The minimum absolute atomic E-state index is 0.0445. The van der Waals surface area contributed by atoms with Crippen LogP contribution in [0.25, 0.3) is 33.3 Å². The molecule has 6 N–H and O–H groups in total. The maximum atomic E-state index is 12.4. The second kappa shape index (κ2) is 8.45. The molecule has 0 saturated heterocycles. The van der Waals surface area contributed by atoms with Crippen molar-refractivity contribution < 1.29 is 9.90 Å². The van der Waals surface area contributed by atoms with Gasteiger partial charge in [0.25, 0.3) is 0 Å². The Hall–Kier alpha value is -2.29. The van der Waals surface area contributed by atoms with Crippen molar-refractivity contribution in [2.75, 3.05) is 13.1 Å². The van der Waals surface area contributed by atoms with E-state index in [1.54, 1.807) is 12.1 Å². The summed E-state index contributed by atoms with van der Waals surface area (Å²) < 4.78 is 0. The lowest BCUT2D eigenvalue weighted by molar-refractivity contribution is -0.120. The van der Waals surface area contributed by atoms with Crippen LogP contribution in [0.4, 0.5) is 0 Å². The molecule has 0 radical (unpaired) electrons. The molecule has 7 nitrogen and oxygen atoms in total. The first kappa shape index (κ1) is 21.0. The number of amides is 1. The molecule has 2 heterocycles. The third-order valence-corrected chi connectivity index (χ3v) is 5.87. The lowest BCUT2D eigenvalue weighted by Crippen LogP contribution is -2.36. The largest absolute Gasteiger partial charge is 0.390 e. The van der Waals surface area contributed by atoms with Crippen LogP contribution in [0.15, 0.2) is 30.5 Å². The number of halogens is 3. The van der Waals surface area contributed by atoms with Crippen LogP contribution in [0.1, 0.15) is 5.56 Å². The lowest BCUT2D eigenvalue weighted by atomic mass is 10.1. The standard InChI is InChI=1S/C20H18Cl3N5O2/c21-9-1-2-15-11(3-9)13(8-25-15)20-27-16-5-14(22)18(23)12(19(16)28-20)4-17(30)26-7-10(29)6-24/h1-3,5,8,10,25,29H,4,6-7,24H2,(H,26,30)(H,27,28). The monoisotopic (exact) mass is 465 g/mol. The lowest BCUT2D eigenvalue weighted by Gasteiger charge is -2.11. The predicted octanol–water partition coefficient (Wildman–Crippen LogP) is 3.65. The van der Waals surface area contributed by atoms with Crippen LogP contribution in [-0.4, -0.2) is 45.2 Å². The number of nitrogens with one attached hydrogen (secondary N) is 3. The van der Waals surface area contributed by atoms with E-state index in [0.717, 1.165) is 16.5 Å². The molecule has 2 aromatic carbocycles. The molecule has 156 valence electrons. The smallest absolute Gasteiger partial charge is 0.224 e. The maximum Gasteiger partial charge on any atom is 0.224 e. The van der Waals surface area contributed by atoms with Gasteiger partial charge in [0.05, 0.1) is 33.6 Å². The van der Waals surface area contributed by atoms with Gasteiger partial charge in [-0.25, -0.2) is 4.98 Å². The third-order valence-electron chi connectivity index (χ3n) is 4.81. The summed E-state index contributed by atoms with van der Waals surface area (Å²) >= 11 is 18.8. The molecule has 0 spiro atoms. The van der Waals surface area contributed by atoms with Crippen LogP contribution in [-0.2, 0) is 11.2 Å². The van der Waals surface area contributed by atoms with Crippen molar-refractivity contribution in [1.82, 2.24) is 20.3 Å². The average molecular weight is 467 g/mol. The second-order valence-corrected chi connectivity index (χ2v) is 8.12. The van der Waals surface area contributed by atoms with Gasteiger partial charge in [-0.3, -0.25) is 4.79 Å². The van der Waals surface area contributed by atoms with Gasteiger partial charge in [0.1, 0.15) is 5.82 Å². The summed E-state index contributed by atoms with van der Waals surface area (Å²) in [4.78, 5) is 23.5. The zero-order chi connectivity index (χ0) is 21.4. The molecular weight excluding hydrogens is 449 g/mol. The van der Waals surface area contributed by atoms with Gasteiger partial charge in [-0.05, 0) is 24.3 Å². The molecule has 30 heavy (non-hydrogen) atoms. The van der Waals surface area contributed by atoms with E-state index in [1.807, 2.05) is 18.3 Å². The number of fused-ring (bicyclic) bond motifs is 2. The molecule has 0 bridgehead atoms. The topological polar surface area (TPSA) is 120 Å². The molecule has 0 aliphatic rings. The first-order chi connectivity index (χ1) is 14.4. The Balaban J connectivity index is 1.74. The van der Waals surface area contributed by atoms with E-state index in [1.165, 1.54) is 0 Å². The summed E-state index contributed by atoms with van der Waals surface area (Å²) in [7, 11) is 0. The molecular formula is C20H18Cl3N5O2. The van der Waals surface area contributed by atoms with Crippen LogP contribution in [0.3, 0.4) is 0 Å². The van der Waals surface area contributed by atoms with Crippen molar-refractivity contribution in [3.8, 4) is 11.4 Å². The second-order valence-electron chi connectivity index (χ2n) is 6.90. The number of rotatable bonds is 6. The Morgan fingerprint density at radius 2 is 2.03 bits per heavy atom. The molecule has 1 amide bonds. The molecule has 1 unspecified atom stereocenters. The van der Waals surface area contributed by atoms with Crippen LogP contribution < -0.4 is 11.1 Å². The van der Waals surface area contributed by atoms with Crippen molar-refractivity contribution in [3.63, 3.8) is 0 Å². The van der Waals surface area contributed by atoms with Crippen LogP contribution in [0.5, 0.6) is 0 Å². The number of aromatic amines is 2. The minimum Gasteiger partial charge on any atom is -0.390 e. The SMILES string of the molecule is NCC(O)CNC(=O)Cc1c(Cl)c(Cl)cc2[nH]c(-c3c[nH]c4ccc(Cl)cc34)nc12. The summed E-state index contributed by atoms with van der Waals surface area (Å²) in [5.41, 5.74) is 8.81. The normalized spacial score (nSPS) is 12.6. The summed E-state index contributed by atoms with van der Waals surface area (Å²) in [5.74, 6) is 0.272. The summed E-state index contributed by atoms with van der Waals surface area (Å²) in [6, 6.07) is 7.23. The summed E-state index contributed by atoms with van der Waals surface area (Å²) in [6.07, 6.45) is 0.981. The number of nitrogens with zero attached hydrogens (tertiary/aromatic N) is 1. The highest BCUT2D eigenvalue weighted by Gasteiger charge is 2.19. The van der Waals surface area contributed by atoms with Gasteiger partial charge >= 0.3 is 0 Å². The fourth-order valence-electron chi connectivity index (χ4n) is 3.28. The first-order valence-electron chi connectivity index (χ1n) is 9.15. The van der Waals surface area contributed by atoms with E-state index in [9.17, 15) is 9.90 Å². The summed E-state index contributed by atoms with van der Waals surface area (Å²) in [6.45, 7) is 0.110. The van der Waals surface area contributed by atoms with E-state index >= 15 is 0 Å². The highest BCUT2D eigenvalue weighted by Crippen LogP contribution is 2.36. The Morgan fingerprint density at radius 1 is 1.23 bits per heavy atom. The van der Waals surface area contributed by atoms with Gasteiger partial charge in [-0.1, -0.05) is 34.8 Å². The van der Waals surface area contributed by atoms with Gasteiger partial charge in [0.2, 0.25) is 5.91 Å². The molecule has 10 heteroatoms. The summed E-state index contributed by atoms with van der Waals surface area (Å²) in [5, 5.41) is 14.3. The number of hydrogen-bond acceptors (Lipinski definition) is 4. The fraction of sp³-hybridized carbons (Fsp3) is 0.200. The number of imidazole rings is 1. The maximum absolute atomic E-state index is 12.4. The zero-order valence-electron chi connectivity index (χ0n) is 15.6. The van der Waals surface area contributed by atoms with Crippen LogP contribution in [0.2, 0.25) is 15.1 Å². The quantitative estimate of drug-likeness (QED) is 0.298. The van der Waals surface area contributed by atoms with E-state index in [2.05, 4.69) is 15.3 Å². The number of carbonyl (C=O) groups excluding carboxylic acids is 1. The predicted molar refractivity (Wildman–Crippen MR) is 120 cm³/mol. The van der Waals surface area contributed by atoms with Crippen molar-refractivity contribution in [1.29, 1.82) is 0 Å². The van der Waals surface area contributed by atoms with Crippen molar-refractivity contribution in [2.45, 2.75) is 12.5 Å². The van der Waals surface area contributed by atoms with Crippen LogP contribution >= 0.6 is 34.8 Å². The van der Waals surface area contributed by atoms with E-state index in [4.69, 9.17) is 45.5 Å². The number of aromatic nitrogens is 3. The van der Waals surface area contributed by atoms with Gasteiger partial charge in [0, 0.05) is 46.3 Å². The molecule has 0 saturated carbocycles. The number of carbonyl (C=O) groups is 1. The number of aliphatic hydroxyl groups is 1. The molecule has 2 aromatic heterocycles. The van der Waals surface area contributed by atoms with Crippen molar-refractivity contribution >= 4 is 62.6 Å². The Labute approximate surface area is 186 Å².